The van der Waals surface area contributed by atoms with Gasteiger partial charge in [0, 0.05) is 6.26 Å². The second-order valence-electron chi connectivity index (χ2n) is 2.82. The van der Waals surface area contributed by atoms with E-state index in [4.69, 9.17) is 5.73 Å². The van der Waals surface area contributed by atoms with Crippen LogP contribution < -0.4 is 5.73 Å². The molecule has 0 bridgehead atoms. The SMILES string of the molecule is CC(c1n[nH]c(CN)n1)S(C)(=O)=O. The van der Waals surface area contributed by atoms with E-state index in [-0.39, 0.29) is 12.4 Å². The zero-order valence-electron chi connectivity index (χ0n) is 7.48. The van der Waals surface area contributed by atoms with Crippen LogP contribution in [0.15, 0.2) is 0 Å². The average Bonchev–Trinajstić information content (AvgIpc) is 2.48. The highest BCUT2D eigenvalue weighted by Crippen LogP contribution is 2.15. The van der Waals surface area contributed by atoms with Crippen molar-refractivity contribution in [3.63, 3.8) is 0 Å². The summed E-state index contributed by atoms with van der Waals surface area (Å²) in [7, 11) is -3.14. The third kappa shape index (κ3) is 2.25. The second kappa shape index (κ2) is 3.43. The fraction of sp³-hybridized carbons (Fsp3) is 0.667. The number of nitrogens with zero attached hydrogens (tertiary/aromatic N) is 2. The third-order valence-corrected chi connectivity index (χ3v) is 3.24. The molecule has 0 aliphatic carbocycles. The van der Waals surface area contributed by atoms with Gasteiger partial charge in [0.15, 0.2) is 15.7 Å². The molecule has 13 heavy (non-hydrogen) atoms. The second-order valence-corrected chi connectivity index (χ2v) is 5.18. The molecule has 0 spiro atoms. The zero-order chi connectivity index (χ0) is 10.1. The molecule has 1 heterocycles. The first-order chi connectivity index (χ1) is 5.95. The summed E-state index contributed by atoms with van der Waals surface area (Å²) < 4.78 is 22.2. The van der Waals surface area contributed by atoms with Gasteiger partial charge in [-0.25, -0.2) is 13.4 Å². The topological polar surface area (TPSA) is 102 Å². The van der Waals surface area contributed by atoms with Crippen molar-refractivity contribution in [3.8, 4) is 0 Å². The van der Waals surface area contributed by atoms with Gasteiger partial charge in [0.25, 0.3) is 0 Å². The lowest BCUT2D eigenvalue weighted by Gasteiger charge is -2.02. The Hall–Kier alpha value is -0.950. The Labute approximate surface area is 76.5 Å². The standard InChI is InChI=1S/C6H12N4O2S/c1-4(13(2,11)12)6-8-5(3-7)9-10-6/h4H,3,7H2,1-2H3,(H,8,9,10). The van der Waals surface area contributed by atoms with Gasteiger partial charge in [0.2, 0.25) is 0 Å². The Balaban J connectivity index is 2.96. The highest BCUT2D eigenvalue weighted by Gasteiger charge is 2.21. The van der Waals surface area contributed by atoms with E-state index in [1.54, 1.807) is 6.92 Å². The maximum atomic E-state index is 11.1. The summed E-state index contributed by atoms with van der Waals surface area (Å²) in [4.78, 5) is 3.92. The van der Waals surface area contributed by atoms with Gasteiger partial charge in [0.05, 0.1) is 6.54 Å². The Morgan fingerprint density at radius 3 is 2.62 bits per heavy atom. The Kier molecular flexibility index (Phi) is 2.67. The van der Waals surface area contributed by atoms with E-state index in [1.165, 1.54) is 0 Å². The summed E-state index contributed by atoms with van der Waals surface area (Å²) >= 11 is 0. The van der Waals surface area contributed by atoms with Crippen LogP contribution in [0, 0.1) is 0 Å². The summed E-state index contributed by atoms with van der Waals surface area (Å²) in [6.45, 7) is 1.77. The minimum absolute atomic E-state index is 0.226. The lowest BCUT2D eigenvalue weighted by molar-refractivity contribution is 0.589. The quantitative estimate of drug-likeness (QED) is 0.682. The molecule has 1 aromatic heterocycles. The number of nitrogens with one attached hydrogen (secondary N) is 1. The highest BCUT2D eigenvalue weighted by atomic mass is 32.2. The maximum Gasteiger partial charge on any atom is 0.168 e. The van der Waals surface area contributed by atoms with Crippen LogP contribution in [0.4, 0.5) is 0 Å². The van der Waals surface area contributed by atoms with E-state index in [1.807, 2.05) is 0 Å². The Morgan fingerprint density at radius 1 is 1.62 bits per heavy atom. The summed E-state index contributed by atoms with van der Waals surface area (Å²) in [5, 5.41) is 5.63. The fourth-order valence-corrected chi connectivity index (χ4v) is 1.26. The minimum Gasteiger partial charge on any atom is -0.324 e. The van der Waals surface area contributed by atoms with Crippen molar-refractivity contribution in [1.82, 2.24) is 15.2 Å². The van der Waals surface area contributed by atoms with Crippen LogP contribution in [0.2, 0.25) is 0 Å². The molecule has 1 unspecified atom stereocenters. The van der Waals surface area contributed by atoms with E-state index < -0.39 is 15.1 Å². The van der Waals surface area contributed by atoms with Gasteiger partial charge >= 0.3 is 0 Å². The van der Waals surface area contributed by atoms with Crippen molar-refractivity contribution >= 4 is 9.84 Å². The normalized spacial score (nSPS) is 14.4. The van der Waals surface area contributed by atoms with E-state index in [0.717, 1.165) is 6.26 Å². The van der Waals surface area contributed by atoms with Crippen molar-refractivity contribution in [2.45, 2.75) is 18.7 Å². The lowest BCUT2D eigenvalue weighted by atomic mass is 10.4. The van der Waals surface area contributed by atoms with Crippen molar-refractivity contribution in [3.05, 3.63) is 11.6 Å². The Bertz CT molecular complexity index is 383. The molecule has 0 fully saturated rings. The molecular weight excluding hydrogens is 192 g/mol. The summed E-state index contributed by atoms with van der Waals surface area (Å²) in [6, 6.07) is 0. The summed E-state index contributed by atoms with van der Waals surface area (Å²) in [5.41, 5.74) is 5.29. The first kappa shape index (κ1) is 10.1. The van der Waals surface area contributed by atoms with Gasteiger partial charge in [-0.3, -0.25) is 5.10 Å². The molecule has 0 amide bonds. The van der Waals surface area contributed by atoms with Gasteiger partial charge in [0.1, 0.15) is 11.1 Å². The average molecular weight is 204 g/mol. The van der Waals surface area contributed by atoms with Crippen molar-refractivity contribution in [2.75, 3.05) is 6.26 Å². The van der Waals surface area contributed by atoms with Gasteiger partial charge in [-0.2, -0.15) is 5.10 Å². The number of aromatic nitrogens is 3. The predicted octanol–water partition coefficient (Wildman–Crippen LogP) is -0.631. The zero-order valence-corrected chi connectivity index (χ0v) is 8.30. The molecule has 1 atom stereocenters. The summed E-state index contributed by atoms with van der Waals surface area (Å²) in [5.74, 6) is 0.758. The number of hydrogen-bond acceptors (Lipinski definition) is 5. The first-order valence-electron chi connectivity index (χ1n) is 3.75. The highest BCUT2D eigenvalue weighted by molar-refractivity contribution is 7.90. The van der Waals surface area contributed by atoms with Crippen LogP contribution in [-0.4, -0.2) is 29.9 Å². The smallest absolute Gasteiger partial charge is 0.168 e. The number of nitrogens with two attached hydrogens (primary N) is 1. The molecule has 6 nitrogen and oxygen atoms in total. The predicted molar refractivity (Wildman–Crippen MR) is 47.5 cm³/mol. The van der Waals surface area contributed by atoms with Gasteiger partial charge < -0.3 is 5.73 Å². The number of rotatable bonds is 3. The fourth-order valence-electron chi connectivity index (χ4n) is 0.775. The Morgan fingerprint density at radius 2 is 2.23 bits per heavy atom. The largest absolute Gasteiger partial charge is 0.324 e. The van der Waals surface area contributed by atoms with Crippen LogP contribution in [-0.2, 0) is 16.4 Å². The third-order valence-electron chi connectivity index (χ3n) is 1.75. The molecule has 0 aliphatic rings. The minimum atomic E-state index is -3.14. The number of sulfone groups is 1. The summed E-state index contributed by atoms with van der Waals surface area (Å²) in [6.07, 6.45) is 1.15. The molecule has 0 radical (unpaired) electrons. The van der Waals surface area contributed by atoms with E-state index in [0.29, 0.717) is 5.82 Å². The van der Waals surface area contributed by atoms with E-state index in [9.17, 15) is 8.42 Å². The molecule has 7 heteroatoms. The number of H-pyrrole nitrogens is 1. The van der Waals surface area contributed by atoms with Gasteiger partial charge in [-0.15, -0.1) is 0 Å². The van der Waals surface area contributed by atoms with Crippen LogP contribution in [0.3, 0.4) is 0 Å². The number of hydrogen-bond donors (Lipinski definition) is 2. The van der Waals surface area contributed by atoms with E-state index in [2.05, 4.69) is 15.2 Å². The number of aromatic amines is 1. The lowest BCUT2D eigenvalue weighted by Crippen LogP contribution is -2.09. The molecule has 0 saturated carbocycles. The van der Waals surface area contributed by atoms with Crippen molar-refractivity contribution in [2.24, 2.45) is 5.73 Å². The van der Waals surface area contributed by atoms with Crippen LogP contribution >= 0.6 is 0 Å². The monoisotopic (exact) mass is 204 g/mol. The molecule has 0 saturated heterocycles. The van der Waals surface area contributed by atoms with Crippen LogP contribution in [0.5, 0.6) is 0 Å². The van der Waals surface area contributed by atoms with Gasteiger partial charge in [-0.05, 0) is 6.92 Å². The van der Waals surface area contributed by atoms with E-state index >= 15 is 0 Å². The van der Waals surface area contributed by atoms with Crippen molar-refractivity contribution < 1.29 is 8.42 Å². The molecule has 1 aromatic rings. The molecule has 74 valence electrons. The van der Waals surface area contributed by atoms with Crippen molar-refractivity contribution in [1.29, 1.82) is 0 Å². The molecule has 3 N–H and O–H groups in total. The van der Waals surface area contributed by atoms with Gasteiger partial charge in [-0.1, -0.05) is 0 Å². The molecule has 0 aromatic carbocycles. The van der Waals surface area contributed by atoms with Crippen LogP contribution in [0.25, 0.3) is 0 Å². The van der Waals surface area contributed by atoms with Crippen LogP contribution in [0.1, 0.15) is 23.8 Å². The molecule has 0 aliphatic heterocycles. The maximum absolute atomic E-state index is 11.1. The molecular formula is C6H12N4O2S. The molecule has 1 rings (SSSR count). The first-order valence-corrected chi connectivity index (χ1v) is 5.70.